The highest BCUT2D eigenvalue weighted by molar-refractivity contribution is 5.76. The fourth-order valence-corrected chi connectivity index (χ4v) is 11.8. The van der Waals surface area contributed by atoms with Gasteiger partial charge in [-0.1, -0.05) is 366 Å². The van der Waals surface area contributed by atoms with Crippen LogP contribution in [0.15, 0.2) is 12.2 Å². The van der Waals surface area contributed by atoms with Gasteiger partial charge in [0.15, 0.2) is 0 Å². The molecule has 0 saturated carbocycles. The van der Waals surface area contributed by atoms with Crippen LogP contribution in [0.5, 0.6) is 0 Å². The van der Waals surface area contributed by atoms with Crippen molar-refractivity contribution in [3.8, 4) is 0 Å². The lowest BCUT2D eigenvalue weighted by molar-refractivity contribution is -0.143. The zero-order chi connectivity index (χ0) is 57.1. The molecule has 0 aromatic heterocycles. The van der Waals surface area contributed by atoms with E-state index in [0.717, 1.165) is 44.9 Å². The molecule has 470 valence electrons. The van der Waals surface area contributed by atoms with Crippen LogP contribution in [0.3, 0.4) is 0 Å². The van der Waals surface area contributed by atoms with E-state index >= 15 is 0 Å². The first-order valence-corrected chi connectivity index (χ1v) is 36.4. The number of aliphatic hydroxyl groups is 2. The zero-order valence-corrected chi connectivity index (χ0v) is 53.9. The van der Waals surface area contributed by atoms with E-state index in [2.05, 4.69) is 31.3 Å². The number of carbonyl (C=O) groups excluding carboxylic acids is 2. The standard InChI is InChI=1S/C73H143NO5/c1-3-5-7-9-11-13-15-17-19-20-35-38-41-45-49-53-57-61-65-71(76)70(69-75)74-72(77)66-62-58-54-50-46-42-39-36-33-31-29-27-25-23-21-22-24-26-28-30-32-34-37-40-44-48-52-56-60-64-68-79-73(78)67-63-59-55-51-47-43-18-16-14-12-10-8-6-4-2/h16,18,70-71,75-76H,3-15,17,19-69H2,1-2H3,(H,74,77)/b18-16-. The topological polar surface area (TPSA) is 95.9 Å². The van der Waals surface area contributed by atoms with Crippen LogP contribution in [0.25, 0.3) is 0 Å². The Morgan fingerprint density at radius 3 is 0.899 bits per heavy atom. The third-order valence-electron chi connectivity index (χ3n) is 17.3. The Morgan fingerprint density at radius 2 is 0.595 bits per heavy atom. The highest BCUT2D eigenvalue weighted by Crippen LogP contribution is 2.20. The normalized spacial score (nSPS) is 12.5. The average molecular weight is 1110 g/mol. The molecule has 6 nitrogen and oxygen atoms in total. The molecule has 0 rings (SSSR count). The molecule has 2 unspecified atom stereocenters. The van der Waals surface area contributed by atoms with Gasteiger partial charge in [-0.05, 0) is 51.4 Å². The summed E-state index contributed by atoms with van der Waals surface area (Å²) in [5.74, 6) is -0.0141. The summed E-state index contributed by atoms with van der Waals surface area (Å²) >= 11 is 0. The Hall–Kier alpha value is -1.40. The molecule has 0 spiro atoms. The van der Waals surface area contributed by atoms with Gasteiger partial charge in [-0.2, -0.15) is 0 Å². The minimum Gasteiger partial charge on any atom is -0.466 e. The van der Waals surface area contributed by atoms with Crippen LogP contribution >= 0.6 is 0 Å². The van der Waals surface area contributed by atoms with E-state index < -0.39 is 12.1 Å². The van der Waals surface area contributed by atoms with Crippen molar-refractivity contribution in [2.24, 2.45) is 0 Å². The maximum absolute atomic E-state index is 12.5. The number of esters is 1. The molecule has 0 aliphatic heterocycles. The highest BCUT2D eigenvalue weighted by atomic mass is 16.5. The van der Waals surface area contributed by atoms with Crippen LogP contribution in [0.2, 0.25) is 0 Å². The Morgan fingerprint density at radius 1 is 0.342 bits per heavy atom. The van der Waals surface area contributed by atoms with Gasteiger partial charge in [-0.15, -0.1) is 0 Å². The number of allylic oxidation sites excluding steroid dienone is 2. The van der Waals surface area contributed by atoms with Crippen molar-refractivity contribution < 1.29 is 24.5 Å². The number of amides is 1. The first-order chi connectivity index (χ1) is 39.0. The van der Waals surface area contributed by atoms with Gasteiger partial charge < -0.3 is 20.3 Å². The van der Waals surface area contributed by atoms with Crippen molar-refractivity contribution in [1.82, 2.24) is 5.32 Å². The van der Waals surface area contributed by atoms with Crippen molar-refractivity contribution >= 4 is 11.9 Å². The molecular formula is C73H143NO5. The average Bonchev–Trinajstić information content (AvgIpc) is 3.45. The molecule has 0 aromatic carbocycles. The number of nitrogens with one attached hydrogen (secondary N) is 1. The third kappa shape index (κ3) is 65.6. The molecule has 0 aliphatic rings. The van der Waals surface area contributed by atoms with Gasteiger partial charge in [-0.25, -0.2) is 0 Å². The molecular weight excluding hydrogens is 971 g/mol. The van der Waals surface area contributed by atoms with Crippen molar-refractivity contribution in [3.63, 3.8) is 0 Å². The number of hydrogen-bond donors (Lipinski definition) is 3. The summed E-state index contributed by atoms with van der Waals surface area (Å²) in [5, 5.41) is 23.4. The van der Waals surface area contributed by atoms with Crippen LogP contribution in [0.4, 0.5) is 0 Å². The van der Waals surface area contributed by atoms with E-state index in [9.17, 15) is 19.8 Å². The maximum Gasteiger partial charge on any atom is 0.305 e. The monoisotopic (exact) mass is 1110 g/mol. The molecule has 0 saturated heterocycles. The maximum atomic E-state index is 12.5. The van der Waals surface area contributed by atoms with Crippen LogP contribution in [0, 0.1) is 0 Å². The Bertz CT molecular complexity index is 1190. The highest BCUT2D eigenvalue weighted by Gasteiger charge is 2.20. The number of ether oxygens (including phenoxy) is 1. The first-order valence-electron chi connectivity index (χ1n) is 36.4. The lowest BCUT2D eigenvalue weighted by Gasteiger charge is -2.22. The Labute approximate surface area is 495 Å². The number of carbonyl (C=O) groups is 2. The summed E-state index contributed by atoms with van der Waals surface area (Å²) in [4.78, 5) is 24.6. The first kappa shape index (κ1) is 77.6. The predicted molar refractivity (Wildman–Crippen MR) is 347 cm³/mol. The second-order valence-electron chi connectivity index (χ2n) is 25.3. The van der Waals surface area contributed by atoms with Gasteiger partial charge in [0.25, 0.3) is 0 Å². The van der Waals surface area contributed by atoms with E-state index in [0.29, 0.717) is 25.9 Å². The molecule has 0 bridgehead atoms. The van der Waals surface area contributed by atoms with Gasteiger partial charge in [0, 0.05) is 12.8 Å². The predicted octanol–water partition coefficient (Wildman–Crippen LogP) is 23.5. The van der Waals surface area contributed by atoms with Crippen molar-refractivity contribution in [3.05, 3.63) is 12.2 Å². The van der Waals surface area contributed by atoms with E-state index in [1.807, 2.05) is 0 Å². The summed E-state index contributed by atoms with van der Waals surface area (Å²) in [7, 11) is 0. The molecule has 1 amide bonds. The van der Waals surface area contributed by atoms with Gasteiger partial charge in [0.1, 0.15) is 0 Å². The fourth-order valence-electron chi connectivity index (χ4n) is 11.8. The van der Waals surface area contributed by atoms with Crippen LogP contribution in [-0.4, -0.2) is 47.4 Å². The minimum atomic E-state index is -0.661. The van der Waals surface area contributed by atoms with E-state index in [4.69, 9.17) is 4.74 Å². The van der Waals surface area contributed by atoms with Crippen molar-refractivity contribution in [2.45, 2.75) is 431 Å². The van der Waals surface area contributed by atoms with Gasteiger partial charge in [-0.3, -0.25) is 9.59 Å². The second kappa shape index (κ2) is 69.1. The quantitative estimate of drug-likeness (QED) is 0.0320. The largest absolute Gasteiger partial charge is 0.466 e. The van der Waals surface area contributed by atoms with Crippen molar-refractivity contribution in [1.29, 1.82) is 0 Å². The van der Waals surface area contributed by atoms with E-state index in [1.54, 1.807) is 0 Å². The van der Waals surface area contributed by atoms with Crippen molar-refractivity contribution in [2.75, 3.05) is 13.2 Å². The molecule has 3 N–H and O–H groups in total. The lowest BCUT2D eigenvalue weighted by atomic mass is 10.0. The summed E-state index contributed by atoms with van der Waals surface area (Å²) in [6.07, 6.45) is 85.6. The summed E-state index contributed by atoms with van der Waals surface area (Å²) < 4.78 is 5.49. The molecule has 0 radical (unpaired) electrons. The number of aliphatic hydroxyl groups excluding tert-OH is 2. The van der Waals surface area contributed by atoms with Crippen LogP contribution < -0.4 is 5.32 Å². The molecule has 0 aromatic rings. The molecule has 0 fully saturated rings. The summed E-state index contributed by atoms with van der Waals surface area (Å²) in [5.41, 5.74) is 0. The minimum absolute atomic E-state index is 0.0125. The molecule has 79 heavy (non-hydrogen) atoms. The number of rotatable bonds is 69. The Balaban J connectivity index is 3.33. The second-order valence-corrected chi connectivity index (χ2v) is 25.3. The van der Waals surface area contributed by atoms with Gasteiger partial charge >= 0.3 is 5.97 Å². The number of hydrogen-bond acceptors (Lipinski definition) is 5. The molecule has 2 atom stereocenters. The zero-order valence-electron chi connectivity index (χ0n) is 53.9. The van der Waals surface area contributed by atoms with E-state index in [-0.39, 0.29) is 18.5 Å². The molecule has 0 aliphatic carbocycles. The molecule has 0 heterocycles. The van der Waals surface area contributed by atoms with Gasteiger partial charge in [0.05, 0.1) is 25.4 Å². The summed E-state index contributed by atoms with van der Waals surface area (Å²) in [6, 6.07) is -0.538. The number of unbranched alkanes of at least 4 members (excludes halogenated alkanes) is 56. The van der Waals surface area contributed by atoms with E-state index in [1.165, 1.54) is 340 Å². The van der Waals surface area contributed by atoms with Crippen LogP contribution in [0.1, 0.15) is 418 Å². The fraction of sp³-hybridized carbons (Fsp3) is 0.945. The van der Waals surface area contributed by atoms with Crippen LogP contribution in [-0.2, 0) is 14.3 Å². The summed E-state index contributed by atoms with van der Waals surface area (Å²) in [6.45, 7) is 4.99. The SMILES string of the molecule is CCCCCCC/C=C\CCCCCCCC(=O)OCCCCCCCCCCCCCCCCCCCCCCCCCCCCCCCCC(=O)NC(CO)C(O)CCCCCCCCCCCCCCCCCCCC. The lowest BCUT2D eigenvalue weighted by Crippen LogP contribution is -2.45. The smallest absolute Gasteiger partial charge is 0.305 e. The molecule has 6 heteroatoms. The Kier molecular flexibility index (Phi) is 67.9. The van der Waals surface area contributed by atoms with Gasteiger partial charge in [0.2, 0.25) is 5.91 Å². The third-order valence-corrected chi connectivity index (χ3v) is 17.3.